The van der Waals surface area contributed by atoms with Crippen molar-refractivity contribution in [2.45, 2.75) is 58.5 Å². The second-order valence-corrected chi connectivity index (χ2v) is 6.39. The molecule has 0 bridgehead atoms. The lowest BCUT2D eigenvalue weighted by molar-refractivity contribution is 0.459. The van der Waals surface area contributed by atoms with Crippen molar-refractivity contribution in [2.75, 3.05) is 11.1 Å². The van der Waals surface area contributed by atoms with Crippen LogP contribution in [0.4, 0.5) is 11.5 Å². The van der Waals surface area contributed by atoms with Crippen LogP contribution in [-0.2, 0) is 13.6 Å². The number of rotatable bonds is 4. The van der Waals surface area contributed by atoms with Crippen molar-refractivity contribution in [3.05, 3.63) is 20.8 Å². The van der Waals surface area contributed by atoms with Crippen molar-refractivity contribution in [1.82, 2.24) is 9.13 Å². The van der Waals surface area contributed by atoms with Crippen LogP contribution in [-0.4, -0.2) is 15.2 Å². The van der Waals surface area contributed by atoms with Crippen LogP contribution < -0.4 is 22.3 Å². The van der Waals surface area contributed by atoms with Crippen LogP contribution in [0.15, 0.2) is 9.59 Å². The largest absolute Gasteiger partial charge is 0.383 e. The van der Waals surface area contributed by atoms with Gasteiger partial charge in [0.15, 0.2) is 0 Å². The van der Waals surface area contributed by atoms with Gasteiger partial charge in [-0.25, -0.2) is 4.79 Å². The smallest absolute Gasteiger partial charge is 0.332 e. The predicted octanol–water partition coefficient (Wildman–Crippen LogP) is 1.53. The Morgan fingerprint density at radius 1 is 1.24 bits per heavy atom. The maximum Gasteiger partial charge on any atom is 0.332 e. The summed E-state index contributed by atoms with van der Waals surface area (Å²) < 4.78 is 2.64. The zero-order valence-electron chi connectivity index (χ0n) is 13.2. The number of nitrogens with one attached hydrogen (secondary N) is 1. The lowest BCUT2D eigenvalue weighted by Gasteiger charge is -2.25. The van der Waals surface area contributed by atoms with E-state index in [4.69, 9.17) is 5.73 Å². The van der Waals surface area contributed by atoms with E-state index in [9.17, 15) is 9.59 Å². The number of hydrogen-bond donors (Lipinski definition) is 2. The number of anilines is 2. The van der Waals surface area contributed by atoms with Crippen LogP contribution in [0.25, 0.3) is 0 Å². The average molecular weight is 294 g/mol. The van der Waals surface area contributed by atoms with Crippen LogP contribution in [0.3, 0.4) is 0 Å². The Morgan fingerprint density at radius 3 is 2.43 bits per heavy atom. The Morgan fingerprint density at radius 2 is 1.86 bits per heavy atom. The molecule has 21 heavy (non-hydrogen) atoms. The summed E-state index contributed by atoms with van der Waals surface area (Å²) in [6.45, 7) is 4.55. The third kappa shape index (κ3) is 3.31. The minimum absolute atomic E-state index is 0.266. The molecule has 3 N–H and O–H groups in total. The molecule has 0 aromatic carbocycles. The van der Waals surface area contributed by atoms with E-state index in [1.54, 1.807) is 0 Å². The van der Waals surface area contributed by atoms with Gasteiger partial charge in [0.2, 0.25) is 0 Å². The number of nitrogens with zero attached hydrogens (tertiary/aromatic N) is 2. The second-order valence-electron chi connectivity index (χ2n) is 6.39. The molecule has 1 fully saturated rings. The molecule has 6 heteroatoms. The van der Waals surface area contributed by atoms with E-state index < -0.39 is 0 Å². The first-order valence-electron chi connectivity index (χ1n) is 7.77. The molecule has 1 aliphatic rings. The normalized spacial score (nSPS) is 16.4. The van der Waals surface area contributed by atoms with Crippen LogP contribution in [0, 0.1) is 5.92 Å². The van der Waals surface area contributed by atoms with Gasteiger partial charge in [-0.3, -0.25) is 13.9 Å². The molecule has 0 aliphatic heterocycles. The van der Waals surface area contributed by atoms with Gasteiger partial charge in [-0.1, -0.05) is 33.1 Å². The highest BCUT2D eigenvalue weighted by Crippen LogP contribution is 2.22. The van der Waals surface area contributed by atoms with Gasteiger partial charge in [0, 0.05) is 19.6 Å². The summed E-state index contributed by atoms with van der Waals surface area (Å²) >= 11 is 0. The lowest BCUT2D eigenvalue weighted by atomic mass is 9.95. The fraction of sp³-hybridized carbons (Fsp3) is 0.733. The molecule has 118 valence electrons. The highest BCUT2D eigenvalue weighted by atomic mass is 16.2. The van der Waals surface area contributed by atoms with Crippen LogP contribution in [0.5, 0.6) is 0 Å². The van der Waals surface area contributed by atoms with E-state index in [2.05, 4.69) is 5.32 Å². The third-order valence-corrected chi connectivity index (χ3v) is 4.08. The minimum Gasteiger partial charge on any atom is -0.383 e. The molecule has 1 saturated carbocycles. The molecule has 0 radical (unpaired) electrons. The Labute approximate surface area is 125 Å². The van der Waals surface area contributed by atoms with Crippen molar-refractivity contribution >= 4 is 11.5 Å². The minimum atomic E-state index is -0.347. The van der Waals surface area contributed by atoms with Gasteiger partial charge in [0.05, 0.1) is 0 Å². The molecule has 0 saturated heterocycles. The van der Waals surface area contributed by atoms with Crippen molar-refractivity contribution in [2.24, 2.45) is 13.0 Å². The van der Waals surface area contributed by atoms with Crippen molar-refractivity contribution in [3.63, 3.8) is 0 Å². The van der Waals surface area contributed by atoms with Gasteiger partial charge in [-0.2, -0.15) is 0 Å². The van der Waals surface area contributed by atoms with E-state index in [-0.39, 0.29) is 29.0 Å². The summed E-state index contributed by atoms with van der Waals surface area (Å²) in [7, 11) is 1.51. The molecular weight excluding hydrogens is 268 g/mol. The molecule has 0 spiro atoms. The summed E-state index contributed by atoms with van der Waals surface area (Å²) in [6, 6.07) is 0.277. The van der Waals surface area contributed by atoms with Crippen molar-refractivity contribution in [3.8, 4) is 0 Å². The quantitative estimate of drug-likeness (QED) is 0.882. The molecule has 1 heterocycles. The molecule has 0 atom stereocenters. The summed E-state index contributed by atoms with van der Waals surface area (Å²) in [5, 5.41) is 3.28. The monoisotopic (exact) mass is 294 g/mol. The highest BCUT2D eigenvalue weighted by molar-refractivity contribution is 5.61. The number of nitrogens with two attached hydrogens (primary N) is 1. The molecule has 0 unspecified atom stereocenters. The van der Waals surface area contributed by atoms with E-state index in [1.165, 1.54) is 30.9 Å². The molecule has 6 nitrogen and oxygen atoms in total. The number of nitrogen functional groups attached to an aromatic ring is 1. The Balaban J connectivity index is 2.42. The van der Waals surface area contributed by atoms with E-state index in [0.717, 1.165) is 17.4 Å². The molecule has 0 amide bonds. The van der Waals surface area contributed by atoms with E-state index in [0.29, 0.717) is 12.2 Å². The van der Waals surface area contributed by atoms with Crippen LogP contribution in [0.2, 0.25) is 0 Å². The maximum atomic E-state index is 12.3. The van der Waals surface area contributed by atoms with Gasteiger partial charge >= 0.3 is 5.69 Å². The lowest BCUT2D eigenvalue weighted by Crippen LogP contribution is -2.42. The topological polar surface area (TPSA) is 82.0 Å². The fourth-order valence-corrected chi connectivity index (χ4v) is 2.91. The van der Waals surface area contributed by atoms with Crippen LogP contribution >= 0.6 is 0 Å². The molecule has 2 rings (SSSR count). The van der Waals surface area contributed by atoms with Crippen LogP contribution in [0.1, 0.15) is 46.0 Å². The first-order valence-corrected chi connectivity index (χ1v) is 7.77. The van der Waals surface area contributed by atoms with Gasteiger partial charge in [0.1, 0.15) is 11.5 Å². The Kier molecular flexibility index (Phi) is 4.75. The predicted molar refractivity (Wildman–Crippen MR) is 85.7 cm³/mol. The van der Waals surface area contributed by atoms with Gasteiger partial charge in [-0.15, -0.1) is 0 Å². The van der Waals surface area contributed by atoms with Gasteiger partial charge in [0.25, 0.3) is 5.56 Å². The molecule has 1 aromatic heterocycles. The fourth-order valence-electron chi connectivity index (χ4n) is 2.91. The first-order chi connectivity index (χ1) is 9.91. The summed E-state index contributed by atoms with van der Waals surface area (Å²) in [6.07, 6.45) is 5.68. The van der Waals surface area contributed by atoms with Gasteiger partial charge in [-0.05, 0) is 18.8 Å². The van der Waals surface area contributed by atoms with Crippen molar-refractivity contribution in [1.29, 1.82) is 0 Å². The number of aromatic nitrogens is 2. The second kappa shape index (κ2) is 6.37. The summed E-state index contributed by atoms with van der Waals surface area (Å²) in [4.78, 5) is 24.5. The zero-order valence-corrected chi connectivity index (χ0v) is 13.2. The average Bonchev–Trinajstić information content (AvgIpc) is 2.47. The Bertz CT molecular complexity index is 609. The van der Waals surface area contributed by atoms with E-state index in [1.807, 2.05) is 13.8 Å². The standard InChI is InChI=1S/C15H26N4O2/c1-10(2)9-19-13(16)12(14(20)18(3)15(19)21)17-11-7-5-4-6-8-11/h10-11,17H,4-9,16H2,1-3H3. The maximum absolute atomic E-state index is 12.3. The molecular formula is C15H26N4O2. The first kappa shape index (κ1) is 15.7. The number of hydrogen-bond acceptors (Lipinski definition) is 4. The Hall–Kier alpha value is -1.72. The molecule has 1 aliphatic carbocycles. The SMILES string of the molecule is CC(C)Cn1c(N)c(NC2CCCCC2)c(=O)n(C)c1=O. The van der Waals surface area contributed by atoms with Crippen molar-refractivity contribution < 1.29 is 0 Å². The van der Waals surface area contributed by atoms with Gasteiger partial charge < -0.3 is 11.1 Å². The third-order valence-electron chi connectivity index (χ3n) is 4.08. The molecule has 1 aromatic rings. The summed E-state index contributed by atoms with van der Waals surface area (Å²) in [5.41, 5.74) is 5.81. The highest BCUT2D eigenvalue weighted by Gasteiger charge is 2.20. The van der Waals surface area contributed by atoms with E-state index >= 15 is 0 Å². The summed E-state index contributed by atoms with van der Waals surface area (Å²) in [5.74, 6) is 0.549. The zero-order chi connectivity index (χ0) is 15.6.